The Balaban J connectivity index is 2.10. The lowest BCUT2D eigenvalue weighted by atomic mass is 10.1. The third kappa shape index (κ3) is 3.53. The lowest BCUT2D eigenvalue weighted by Gasteiger charge is -2.21. The van der Waals surface area contributed by atoms with Crippen molar-refractivity contribution in [2.45, 2.75) is 19.5 Å². The minimum absolute atomic E-state index is 0.373. The Hall–Kier alpha value is -1.51. The highest BCUT2D eigenvalue weighted by molar-refractivity contribution is 6.31. The highest BCUT2D eigenvalue weighted by atomic mass is 35.5. The molecular weight excluding hydrogens is 268 g/mol. The van der Waals surface area contributed by atoms with Crippen LogP contribution in [0.2, 0.25) is 5.02 Å². The van der Waals surface area contributed by atoms with Gasteiger partial charge in [0.2, 0.25) is 0 Å². The van der Waals surface area contributed by atoms with E-state index in [0.29, 0.717) is 6.04 Å². The van der Waals surface area contributed by atoms with Crippen LogP contribution in [-0.4, -0.2) is 14.1 Å². The summed E-state index contributed by atoms with van der Waals surface area (Å²) in [5.74, 6) is 0. The first-order valence-electron chi connectivity index (χ1n) is 6.83. The average molecular weight is 289 g/mol. The molecule has 2 aromatic carbocycles. The summed E-state index contributed by atoms with van der Waals surface area (Å²) >= 11 is 6.21. The van der Waals surface area contributed by atoms with E-state index in [0.717, 1.165) is 17.1 Å². The highest BCUT2D eigenvalue weighted by Gasteiger charge is 2.06. The Morgan fingerprint density at radius 1 is 1.10 bits per heavy atom. The number of nitrogens with zero attached hydrogens (tertiary/aromatic N) is 1. The van der Waals surface area contributed by atoms with Crippen LogP contribution in [0.3, 0.4) is 0 Å². The predicted octanol–water partition coefficient (Wildman–Crippen LogP) is 4.26. The third-order valence-corrected chi connectivity index (χ3v) is 4.00. The van der Waals surface area contributed by atoms with Gasteiger partial charge in [-0.15, -0.1) is 0 Å². The van der Waals surface area contributed by atoms with Gasteiger partial charge in [-0.3, -0.25) is 0 Å². The lowest BCUT2D eigenvalue weighted by Crippen LogP contribution is -2.17. The smallest absolute Gasteiger partial charge is 0.0455 e. The van der Waals surface area contributed by atoms with Crippen molar-refractivity contribution >= 4 is 17.3 Å². The topological polar surface area (TPSA) is 15.3 Å². The summed E-state index contributed by atoms with van der Waals surface area (Å²) in [5, 5.41) is 4.07. The second-order valence-corrected chi connectivity index (χ2v) is 5.46. The molecule has 1 atom stereocenters. The van der Waals surface area contributed by atoms with E-state index >= 15 is 0 Å². The molecule has 0 fully saturated rings. The van der Waals surface area contributed by atoms with Gasteiger partial charge in [0.05, 0.1) is 0 Å². The van der Waals surface area contributed by atoms with E-state index in [2.05, 4.69) is 54.5 Å². The third-order valence-electron chi connectivity index (χ3n) is 3.63. The van der Waals surface area contributed by atoms with Crippen molar-refractivity contribution in [1.82, 2.24) is 5.32 Å². The van der Waals surface area contributed by atoms with Crippen LogP contribution in [0.15, 0.2) is 48.5 Å². The van der Waals surface area contributed by atoms with Crippen LogP contribution in [0.4, 0.5) is 5.69 Å². The van der Waals surface area contributed by atoms with Gasteiger partial charge < -0.3 is 10.2 Å². The van der Waals surface area contributed by atoms with Gasteiger partial charge in [-0.25, -0.2) is 0 Å². The molecule has 0 heterocycles. The maximum Gasteiger partial charge on any atom is 0.0455 e. The molecule has 0 aromatic heterocycles. The van der Waals surface area contributed by atoms with Crippen LogP contribution >= 0.6 is 11.6 Å². The summed E-state index contributed by atoms with van der Waals surface area (Å²) in [7, 11) is 4.06. The molecule has 2 nitrogen and oxygen atoms in total. The van der Waals surface area contributed by atoms with Crippen molar-refractivity contribution in [3.63, 3.8) is 0 Å². The Labute approximate surface area is 126 Å². The molecule has 0 spiro atoms. The number of halogens is 1. The first kappa shape index (κ1) is 14.9. The quantitative estimate of drug-likeness (QED) is 0.884. The van der Waals surface area contributed by atoms with Crippen LogP contribution < -0.4 is 10.2 Å². The maximum atomic E-state index is 6.21. The molecule has 3 heteroatoms. The normalized spacial score (nSPS) is 12.2. The summed E-state index contributed by atoms with van der Waals surface area (Å²) in [5.41, 5.74) is 3.63. The lowest BCUT2D eigenvalue weighted by molar-refractivity contribution is 0.652. The zero-order chi connectivity index (χ0) is 14.5. The fraction of sp³-hybridized carbons (Fsp3) is 0.294. The van der Waals surface area contributed by atoms with Crippen LogP contribution in [0.1, 0.15) is 24.1 Å². The molecule has 0 aliphatic rings. The molecule has 0 amide bonds. The van der Waals surface area contributed by atoms with E-state index in [1.165, 1.54) is 11.3 Å². The largest absolute Gasteiger partial charge is 0.370 e. The number of nitrogens with one attached hydrogen (secondary N) is 1. The molecule has 0 aliphatic heterocycles. The summed E-state index contributed by atoms with van der Waals surface area (Å²) in [6.07, 6.45) is 0. The Kier molecular flexibility index (Phi) is 5.05. The zero-order valence-electron chi connectivity index (χ0n) is 12.2. The molecular formula is C17H21ClN2. The van der Waals surface area contributed by atoms with E-state index in [-0.39, 0.29) is 0 Å². The summed E-state index contributed by atoms with van der Waals surface area (Å²) in [6, 6.07) is 17.0. The SMILES string of the molecule is CNC(C)c1ccc(N(C)Cc2ccccc2Cl)cc1. The molecule has 1 N–H and O–H groups in total. The second-order valence-electron chi connectivity index (χ2n) is 5.05. The van der Waals surface area contributed by atoms with Gasteiger partial charge in [0.1, 0.15) is 0 Å². The van der Waals surface area contributed by atoms with Crippen LogP contribution in [0, 0.1) is 0 Å². The number of benzene rings is 2. The monoisotopic (exact) mass is 288 g/mol. The van der Waals surface area contributed by atoms with Gasteiger partial charge in [-0.1, -0.05) is 41.9 Å². The van der Waals surface area contributed by atoms with E-state index < -0.39 is 0 Å². The first-order valence-corrected chi connectivity index (χ1v) is 7.21. The first-order chi connectivity index (χ1) is 9.61. The molecule has 0 saturated carbocycles. The van der Waals surface area contributed by atoms with Crippen molar-refractivity contribution in [3.8, 4) is 0 Å². The Morgan fingerprint density at radius 2 is 1.75 bits per heavy atom. The minimum atomic E-state index is 0.373. The summed E-state index contributed by atoms with van der Waals surface area (Å²) in [6.45, 7) is 2.96. The van der Waals surface area contributed by atoms with Gasteiger partial charge >= 0.3 is 0 Å². The number of hydrogen-bond donors (Lipinski definition) is 1. The zero-order valence-corrected chi connectivity index (χ0v) is 13.0. The van der Waals surface area contributed by atoms with Crippen molar-refractivity contribution < 1.29 is 0 Å². The summed E-state index contributed by atoms with van der Waals surface area (Å²) in [4.78, 5) is 2.20. The molecule has 0 bridgehead atoms. The van der Waals surface area contributed by atoms with E-state index in [1.54, 1.807) is 0 Å². The Morgan fingerprint density at radius 3 is 2.35 bits per heavy atom. The van der Waals surface area contributed by atoms with Crippen LogP contribution in [0.5, 0.6) is 0 Å². The fourth-order valence-electron chi connectivity index (χ4n) is 2.16. The van der Waals surface area contributed by atoms with Crippen LogP contribution in [-0.2, 0) is 6.54 Å². The molecule has 0 radical (unpaired) electrons. The van der Waals surface area contributed by atoms with E-state index in [9.17, 15) is 0 Å². The second kappa shape index (κ2) is 6.78. The van der Waals surface area contributed by atoms with Gasteiger partial charge in [0.15, 0.2) is 0 Å². The Bertz CT molecular complexity index is 551. The van der Waals surface area contributed by atoms with Crippen molar-refractivity contribution in [2.75, 3.05) is 19.0 Å². The molecule has 106 valence electrons. The van der Waals surface area contributed by atoms with Gasteiger partial charge in [0.25, 0.3) is 0 Å². The number of rotatable bonds is 5. The maximum absolute atomic E-state index is 6.21. The van der Waals surface area contributed by atoms with Gasteiger partial charge in [-0.05, 0) is 43.3 Å². The average Bonchev–Trinajstić information content (AvgIpc) is 2.49. The van der Waals surface area contributed by atoms with Gasteiger partial charge in [0, 0.05) is 30.3 Å². The predicted molar refractivity (Wildman–Crippen MR) is 87.5 cm³/mol. The van der Waals surface area contributed by atoms with Crippen molar-refractivity contribution in [1.29, 1.82) is 0 Å². The minimum Gasteiger partial charge on any atom is -0.370 e. The molecule has 0 saturated heterocycles. The van der Waals surface area contributed by atoms with Crippen molar-refractivity contribution in [2.24, 2.45) is 0 Å². The number of hydrogen-bond acceptors (Lipinski definition) is 2. The molecule has 2 aromatic rings. The van der Waals surface area contributed by atoms with E-state index in [4.69, 9.17) is 11.6 Å². The number of anilines is 1. The summed E-state index contributed by atoms with van der Waals surface area (Å²) < 4.78 is 0. The van der Waals surface area contributed by atoms with E-state index in [1.807, 2.05) is 25.2 Å². The molecule has 2 rings (SSSR count). The van der Waals surface area contributed by atoms with Gasteiger partial charge in [-0.2, -0.15) is 0 Å². The molecule has 20 heavy (non-hydrogen) atoms. The van der Waals surface area contributed by atoms with Crippen LogP contribution in [0.25, 0.3) is 0 Å². The fourth-order valence-corrected chi connectivity index (χ4v) is 2.35. The highest BCUT2D eigenvalue weighted by Crippen LogP contribution is 2.22. The molecule has 0 aliphatic carbocycles. The standard InChI is InChI=1S/C17H21ClN2/c1-13(19-2)14-8-10-16(11-9-14)20(3)12-15-6-4-5-7-17(15)18/h4-11,13,19H,12H2,1-3H3. The van der Waals surface area contributed by atoms with Crippen molar-refractivity contribution in [3.05, 3.63) is 64.7 Å². The molecule has 1 unspecified atom stereocenters.